The lowest BCUT2D eigenvalue weighted by atomic mass is 10.0. The maximum absolute atomic E-state index is 8.65. The van der Waals surface area contributed by atoms with Gasteiger partial charge in [0.1, 0.15) is 0 Å². The Kier molecular flexibility index (Phi) is 4.05. The van der Waals surface area contributed by atoms with Crippen molar-refractivity contribution in [1.29, 1.82) is 0 Å². The molecular weight excluding hydrogens is 347 g/mol. The molecule has 0 heterocycles. The van der Waals surface area contributed by atoms with E-state index in [1.54, 1.807) is 12.1 Å². The first kappa shape index (κ1) is 13.1. The highest BCUT2D eigenvalue weighted by Crippen LogP contribution is 2.30. The average Bonchev–Trinajstić information content (AvgIpc) is 2.38. The molecule has 0 saturated heterocycles. The number of aryl methyl sites for hydroxylation is 1. The van der Waals surface area contributed by atoms with E-state index in [0.717, 1.165) is 20.3 Å². The molecule has 0 aromatic heterocycles. The van der Waals surface area contributed by atoms with E-state index in [1.165, 1.54) is 0 Å². The van der Waals surface area contributed by atoms with Gasteiger partial charge in [0.15, 0.2) is 11.5 Å². The van der Waals surface area contributed by atoms with Gasteiger partial charge in [-0.05, 0) is 70.5 Å². The molecule has 0 aliphatic rings. The molecule has 0 saturated carbocycles. The summed E-state index contributed by atoms with van der Waals surface area (Å²) in [7, 11) is 0. The molecular formula is C13H11IO4. The molecule has 2 aromatic rings. The minimum absolute atomic E-state index is 0.423. The van der Waals surface area contributed by atoms with Crippen LogP contribution in [0, 0.1) is 10.5 Å². The highest BCUT2D eigenvalue weighted by atomic mass is 127. The van der Waals surface area contributed by atoms with Gasteiger partial charge in [0.2, 0.25) is 0 Å². The second-order valence-corrected chi connectivity index (χ2v) is 4.97. The SMILES string of the molecule is Cc1cc(-c2ccc(OO)c(I)c2)ccc1OO. The summed E-state index contributed by atoms with van der Waals surface area (Å²) < 4.78 is 0.813. The van der Waals surface area contributed by atoms with Crippen molar-refractivity contribution in [3.63, 3.8) is 0 Å². The van der Waals surface area contributed by atoms with Crippen molar-refractivity contribution in [2.75, 3.05) is 0 Å². The molecule has 4 nitrogen and oxygen atoms in total. The van der Waals surface area contributed by atoms with Gasteiger partial charge in [0, 0.05) is 0 Å². The van der Waals surface area contributed by atoms with Crippen molar-refractivity contribution in [1.82, 2.24) is 0 Å². The maximum Gasteiger partial charge on any atom is 0.178 e. The van der Waals surface area contributed by atoms with Crippen molar-refractivity contribution < 1.29 is 20.3 Å². The van der Waals surface area contributed by atoms with Crippen LogP contribution in [0.4, 0.5) is 0 Å². The maximum atomic E-state index is 8.65. The fourth-order valence-electron chi connectivity index (χ4n) is 1.69. The predicted octanol–water partition coefficient (Wildman–Crippen LogP) is 3.97. The molecule has 0 aliphatic heterocycles. The standard InChI is InChI=1S/C13H11IO4/c1-8-6-9(2-4-12(8)17-15)10-3-5-13(18-16)11(14)7-10/h2-7,15-16H,1H3. The quantitative estimate of drug-likeness (QED) is 0.495. The second kappa shape index (κ2) is 5.55. The van der Waals surface area contributed by atoms with Gasteiger partial charge in [-0.15, -0.1) is 0 Å². The van der Waals surface area contributed by atoms with E-state index < -0.39 is 0 Å². The Morgan fingerprint density at radius 3 is 1.94 bits per heavy atom. The molecule has 2 N–H and O–H groups in total. The van der Waals surface area contributed by atoms with E-state index in [9.17, 15) is 0 Å². The Hall–Kier alpha value is -1.31. The summed E-state index contributed by atoms with van der Waals surface area (Å²) in [5, 5.41) is 17.3. The van der Waals surface area contributed by atoms with E-state index >= 15 is 0 Å². The van der Waals surface area contributed by atoms with Crippen molar-refractivity contribution >= 4 is 22.6 Å². The number of benzene rings is 2. The molecule has 2 aromatic carbocycles. The Bertz CT molecular complexity index is 517. The highest BCUT2D eigenvalue weighted by Gasteiger charge is 2.06. The molecule has 0 atom stereocenters. The van der Waals surface area contributed by atoms with E-state index in [0.29, 0.717) is 11.5 Å². The van der Waals surface area contributed by atoms with Crippen molar-refractivity contribution in [2.24, 2.45) is 0 Å². The molecule has 0 radical (unpaired) electrons. The molecule has 5 heteroatoms. The summed E-state index contributed by atoms with van der Waals surface area (Å²) in [4.78, 5) is 8.48. The number of rotatable bonds is 3. The molecule has 0 spiro atoms. The summed E-state index contributed by atoms with van der Waals surface area (Å²) in [5.41, 5.74) is 2.83. The van der Waals surface area contributed by atoms with Crippen LogP contribution in [0.25, 0.3) is 11.1 Å². The number of halogens is 1. The van der Waals surface area contributed by atoms with E-state index in [4.69, 9.17) is 10.5 Å². The van der Waals surface area contributed by atoms with Gasteiger partial charge < -0.3 is 9.78 Å². The van der Waals surface area contributed by atoms with Crippen LogP contribution in [0.2, 0.25) is 0 Å². The van der Waals surface area contributed by atoms with Crippen LogP contribution >= 0.6 is 22.6 Å². The largest absolute Gasteiger partial charge is 0.340 e. The lowest BCUT2D eigenvalue weighted by Gasteiger charge is -2.08. The summed E-state index contributed by atoms with van der Waals surface area (Å²) in [6.45, 7) is 1.85. The molecule has 0 fully saturated rings. The molecule has 94 valence electrons. The zero-order chi connectivity index (χ0) is 13.1. The van der Waals surface area contributed by atoms with Gasteiger partial charge in [-0.1, -0.05) is 12.1 Å². The molecule has 18 heavy (non-hydrogen) atoms. The van der Waals surface area contributed by atoms with E-state index in [1.807, 2.05) is 31.2 Å². The lowest BCUT2D eigenvalue weighted by molar-refractivity contribution is -0.138. The zero-order valence-corrected chi connectivity index (χ0v) is 11.7. The van der Waals surface area contributed by atoms with Crippen LogP contribution in [0.1, 0.15) is 5.56 Å². The first-order chi connectivity index (χ1) is 8.65. The minimum atomic E-state index is 0.423. The summed E-state index contributed by atoms with van der Waals surface area (Å²) in [6.07, 6.45) is 0. The smallest absolute Gasteiger partial charge is 0.178 e. The normalized spacial score (nSPS) is 10.2. The topological polar surface area (TPSA) is 58.9 Å². The average molecular weight is 358 g/mol. The van der Waals surface area contributed by atoms with Gasteiger partial charge in [-0.3, -0.25) is 0 Å². The van der Waals surface area contributed by atoms with Crippen LogP contribution < -0.4 is 9.78 Å². The third-order valence-corrected chi connectivity index (χ3v) is 3.48. The first-order valence-corrected chi connectivity index (χ1v) is 6.27. The molecule has 0 aliphatic carbocycles. The van der Waals surface area contributed by atoms with E-state index in [2.05, 4.69) is 32.4 Å². The van der Waals surface area contributed by atoms with Crippen LogP contribution in [-0.2, 0) is 0 Å². The van der Waals surface area contributed by atoms with Gasteiger partial charge in [0.25, 0.3) is 0 Å². The first-order valence-electron chi connectivity index (χ1n) is 5.19. The number of hydrogen-bond donors (Lipinski definition) is 2. The van der Waals surface area contributed by atoms with E-state index in [-0.39, 0.29) is 0 Å². The molecule has 2 rings (SSSR count). The Balaban J connectivity index is 2.42. The predicted molar refractivity (Wildman–Crippen MR) is 75.8 cm³/mol. The van der Waals surface area contributed by atoms with Crippen molar-refractivity contribution in [3.05, 3.63) is 45.5 Å². The molecule has 0 unspecified atom stereocenters. The second-order valence-electron chi connectivity index (χ2n) is 3.81. The monoisotopic (exact) mass is 358 g/mol. The molecule has 0 amide bonds. The third-order valence-electron chi connectivity index (χ3n) is 2.64. The lowest BCUT2D eigenvalue weighted by Crippen LogP contribution is -1.90. The Labute approximate surface area is 118 Å². The zero-order valence-electron chi connectivity index (χ0n) is 9.55. The summed E-state index contributed by atoms with van der Waals surface area (Å²) in [6, 6.07) is 10.9. The Morgan fingerprint density at radius 2 is 1.44 bits per heavy atom. The van der Waals surface area contributed by atoms with Gasteiger partial charge in [0.05, 0.1) is 3.57 Å². The number of hydrogen-bond acceptors (Lipinski definition) is 4. The van der Waals surface area contributed by atoms with Crippen molar-refractivity contribution in [3.8, 4) is 22.6 Å². The van der Waals surface area contributed by atoms with Gasteiger partial charge >= 0.3 is 0 Å². The summed E-state index contributed by atoms with van der Waals surface area (Å²) in [5.74, 6) is 0.857. The van der Waals surface area contributed by atoms with Gasteiger partial charge in [-0.25, -0.2) is 10.5 Å². The third kappa shape index (κ3) is 2.58. The van der Waals surface area contributed by atoms with Gasteiger partial charge in [-0.2, -0.15) is 0 Å². The van der Waals surface area contributed by atoms with Crippen molar-refractivity contribution in [2.45, 2.75) is 6.92 Å². The fourth-order valence-corrected chi connectivity index (χ4v) is 2.30. The minimum Gasteiger partial charge on any atom is -0.340 e. The van der Waals surface area contributed by atoms with Crippen LogP contribution in [-0.4, -0.2) is 10.5 Å². The van der Waals surface area contributed by atoms with Crippen LogP contribution in [0.3, 0.4) is 0 Å². The van der Waals surface area contributed by atoms with Crippen LogP contribution in [0.15, 0.2) is 36.4 Å². The molecule has 0 bridgehead atoms. The Morgan fingerprint density at radius 1 is 0.889 bits per heavy atom. The summed E-state index contributed by atoms with van der Waals surface area (Å²) >= 11 is 2.09. The van der Waals surface area contributed by atoms with Crippen LogP contribution in [0.5, 0.6) is 11.5 Å². The highest BCUT2D eigenvalue weighted by molar-refractivity contribution is 14.1. The fraction of sp³-hybridized carbons (Fsp3) is 0.0769.